The first-order chi connectivity index (χ1) is 11.5. The van der Waals surface area contributed by atoms with Gasteiger partial charge in [-0.05, 0) is 12.1 Å². The van der Waals surface area contributed by atoms with Gasteiger partial charge in [-0.25, -0.2) is 4.79 Å². The smallest absolute Gasteiger partial charge is 0.328 e. The van der Waals surface area contributed by atoms with Crippen molar-refractivity contribution < 1.29 is 28.9 Å². The first-order valence-electron chi connectivity index (χ1n) is 6.93. The highest BCUT2D eigenvalue weighted by atomic mass is 16.5. The molecule has 0 fully saturated rings. The Morgan fingerprint density at radius 1 is 1.46 bits per heavy atom. The topological polar surface area (TPSA) is 118 Å². The van der Waals surface area contributed by atoms with E-state index in [0.717, 1.165) is 0 Å². The third-order valence-electron chi connectivity index (χ3n) is 2.81. The van der Waals surface area contributed by atoms with Crippen LogP contribution in [0.2, 0.25) is 0 Å². The molecule has 0 saturated carbocycles. The van der Waals surface area contributed by atoms with Crippen molar-refractivity contribution in [1.29, 1.82) is 5.26 Å². The van der Waals surface area contributed by atoms with Crippen molar-refractivity contribution >= 4 is 11.9 Å². The van der Waals surface area contributed by atoms with Crippen molar-refractivity contribution in [3.8, 4) is 17.6 Å². The van der Waals surface area contributed by atoms with Crippen molar-refractivity contribution in [2.75, 3.05) is 26.9 Å². The van der Waals surface area contributed by atoms with Gasteiger partial charge in [0.15, 0.2) is 24.1 Å². The molecule has 0 aliphatic rings. The van der Waals surface area contributed by atoms with Crippen molar-refractivity contribution in [2.24, 2.45) is 0 Å². The first-order valence-corrected chi connectivity index (χ1v) is 6.93. The number of nitriles is 1. The largest absolute Gasteiger partial charge is 0.493 e. The summed E-state index contributed by atoms with van der Waals surface area (Å²) in [5.74, 6) is -1.29. The zero-order valence-corrected chi connectivity index (χ0v) is 13.2. The third kappa shape index (κ3) is 5.98. The number of methoxy groups -OCH3 is 1. The van der Waals surface area contributed by atoms with Crippen LogP contribution in [-0.2, 0) is 14.3 Å². The molecule has 0 aliphatic heterocycles. The summed E-state index contributed by atoms with van der Waals surface area (Å²) in [4.78, 5) is 22.9. The van der Waals surface area contributed by atoms with Gasteiger partial charge in [-0.1, -0.05) is 6.08 Å². The molecular formula is C16H18N2O6. The number of hydrogen-bond donors (Lipinski definition) is 2. The second-order valence-electron chi connectivity index (χ2n) is 4.55. The normalized spacial score (nSPS) is 11.0. The average Bonchev–Trinajstić information content (AvgIpc) is 2.58. The number of hydrogen-bond acceptors (Lipinski definition) is 6. The van der Waals surface area contributed by atoms with Gasteiger partial charge in [-0.3, -0.25) is 4.79 Å². The molecule has 8 nitrogen and oxygen atoms in total. The van der Waals surface area contributed by atoms with Crippen LogP contribution in [-0.4, -0.2) is 50.0 Å². The van der Waals surface area contributed by atoms with E-state index in [1.54, 1.807) is 0 Å². The Morgan fingerprint density at radius 2 is 2.21 bits per heavy atom. The summed E-state index contributed by atoms with van der Waals surface area (Å²) in [6, 6.07) is 5.24. The predicted octanol–water partition coefficient (Wildman–Crippen LogP) is 0.718. The van der Waals surface area contributed by atoms with Crippen LogP contribution in [0.5, 0.6) is 11.5 Å². The summed E-state index contributed by atoms with van der Waals surface area (Å²) in [7, 11) is 1.40. The number of amides is 1. The van der Waals surface area contributed by atoms with Crippen LogP contribution in [0, 0.1) is 11.3 Å². The molecule has 1 unspecified atom stereocenters. The number of nitrogens with zero attached hydrogens (tertiary/aromatic N) is 1. The number of carbonyl (C=O) groups excluding carboxylic acids is 1. The number of carboxylic acid groups (broad SMARTS) is 1. The lowest BCUT2D eigenvalue weighted by Gasteiger charge is -2.15. The lowest BCUT2D eigenvalue weighted by molar-refractivity contribution is -0.143. The Hall–Kier alpha value is -3.05. The quantitative estimate of drug-likeness (QED) is 0.478. The molecule has 0 radical (unpaired) electrons. The lowest BCUT2D eigenvalue weighted by Crippen LogP contribution is -2.45. The van der Waals surface area contributed by atoms with E-state index >= 15 is 0 Å². The Kier molecular flexibility index (Phi) is 7.81. The Morgan fingerprint density at radius 3 is 2.79 bits per heavy atom. The summed E-state index contributed by atoms with van der Waals surface area (Å²) < 4.78 is 15.4. The van der Waals surface area contributed by atoms with Gasteiger partial charge >= 0.3 is 5.97 Å². The third-order valence-corrected chi connectivity index (χ3v) is 2.81. The summed E-state index contributed by atoms with van der Waals surface area (Å²) in [6.07, 6.45) is 1.47. The van der Waals surface area contributed by atoms with Crippen LogP contribution < -0.4 is 14.8 Å². The Bertz CT molecular complexity index is 638. The number of ether oxygens (including phenoxy) is 3. The number of carboxylic acids is 1. The van der Waals surface area contributed by atoms with E-state index in [-0.39, 0.29) is 19.0 Å². The monoisotopic (exact) mass is 334 g/mol. The highest BCUT2D eigenvalue weighted by Gasteiger charge is 2.20. The summed E-state index contributed by atoms with van der Waals surface area (Å²) in [6.45, 7) is 3.03. The van der Waals surface area contributed by atoms with Gasteiger partial charge in [0.05, 0.1) is 32.0 Å². The molecule has 0 heterocycles. The molecule has 1 atom stereocenters. The highest BCUT2D eigenvalue weighted by molar-refractivity contribution is 5.84. The minimum atomic E-state index is -1.22. The zero-order chi connectivity index (χ0) is 17.9. The molecule has 1 aromatic rings. The molecule has 1 aromatic carbocycles. The van der Waals surface area contributed by atoms with Crippen molar-refractivity contribution in [1.82, 2.24) is 5.32 Å². The van der Waals surface area contributed by atoms with Crippen LogP contribution in [0.3, 0.4) is 0 Å². The molecule has 1 amide bonds. The molecule has 0 bridgehead atoms. The minimum absolute atomic E-state index is 0.179. The minimum Gasteiger partial charge on any atom is -0.493 e. The van der Waals surface area contributed by atoms with Gasteiger partial charge in [0.25, 0.3) is 5.91 Å². The molecular weight excluding hydrogens is 316 g/mol. The fraction of sp³-hybridized carbons (Fsp3) is 0.312. The highest BCUT2D eigenvalue weighted by Crippen LogP contribution is 2.27. The van der Waals surface area contributed by atoms with E-state index < -0.39 is 24.5 Å². The standard InChI is InChI=1S/C16H18N2O6/c1-3-6-23-9-12(16(20)21)18-15(19)10-24-13-5-4-11(8-17)7-14(13)22-2/h3-5,7,12H,1,6,9-10H2,2H3,(H,18,19)(H,20,21). The summed E-state index contributed by atoms with van der Waals surface area (Å²) in [5, 5.41) is 20.1. The molecule has 0 aliphatic carbocycles. The van der Waals surface area contributed by atoms with E-state index in [4.69, 9.17) is 24.6 Å². The fourth-order valence-corrected chi connectivity index (χ4v) is 1.68. The van der Waals surface area contributed by atoms with E-state index in [1.165, 1.54) is 31.4 Å². The van der Waals surface area contributed by atoms with Crippen LogP contribution in [0.1, 0.15) is 5.56 Å². The molecule has 2 N–H and O–H groups in total. The maximum absolute atomic E-state index is 11.8. The Labute approximate surface area is 139 Å². The van der Waals surface area contributed by atoms with Gasteiger partial charge in [0, 0.05) is 6.07 Å². The van der Waals surface area contributed by atoms with Gasteiger partial charge in [-0.2, -0.15) is 5.26 Å². The molecule has 0 saturated heterocycles. The van der Waals surface area contributed by atoms with E-state index in [0.29, 0.717) is 11.3 Å². The van der Waals surface area contributed by atoms with E-state index in [2.05, 4.69) is 11.9 Å². The van der Waals surface area contributed by atoms with Crippen LogP contribution in [0.4, 0.5) is 0 Å². The van der Waals surface area contributed by atoms with E-state index in [1.807, 2.05) is 6.07 Å². The number of aliphatic carboxylic acids is 1. The second-order valence-corrected chi connectivity index (χ2v) is 4.55. The average molecular weight is 334 g/mol. The second kappa shape index (κ2) is 9.86. The predicted molar refractivity (Wildman–Crippen MR) is 83.8 cm³/mol. The van der Waals surface area contributed by atoms with Crippen LogP contribution >= 0.6 is 0 Å². The molecule has 128 valence electrons. The zero-order valence-electron chi connectivity index (χ0n) is 13.2. The van der Waals surface area contributed by atoms with Gasteiger partial charge in [0.2, 0.25) is 0 Å². The molecule has 24 heavy (non-hydrogen) atoms. The number of carbonyl (C=O) groups is 2. The summed E-state index contributed by atoms with van der Waals surface area (Å²) in [5.41, 5.74) is 0.383. The summed E-state index contributed by atoms with van der Waals surface area (Å²) >= 11 is 0. The van der Waals surface area contributed by atoms with Gasteiger partial charge in [0.1, 0.15) is 0 Å². The van der Waals surface area contributed by atoms with Gasteiger partial charge in [-0.15, -0.1) is 6.58 Å². The molecule has 1 rings (SSSR count). The first kappa shape index (κ1) is 19.0. The number of rotatable bonds is 10. The lowest BCUT2D eigenvalue weighted by atomic mass is 10.2. The van der Waals surface area contributed by atoms with Crippen LogP contribution in [0.25, 0.3) is 0 Å². The van der Waals surface area contributed by atoms with Crippen LogP contribution in [0.15, 0.2) is 30.9 Å². The number of benzene rings is 1. The van der Waals surface area contributed by atoms with Crippen molar-refractivity contribution in [3.05, 3.63) is 36.4 Å². The molecule has 8 heteroatoms. The Balaban J connectivity index is 2.60. The molecule has 0 aromatic heterocycles. The van der Waals surface area contributed by atoms with Gasteiger partial charge < -0.3 is 24.6 Å². The van der Waals surface area contributed by atoms with E-state index in [9.17, 15) is 9.59 Å². The maximum Gasteiger partial charge on any atom is 0.328 e. The van der Waals surface area contributed by atoms with Crippen molar-refractivity contribution in [2.45, 2.75) is 6.04 Å². The fourth-order valence-electron chi connectivity index (χ4n) is 1.68. The number of nitrogens with one attached hydrogen (secondary N) is 1. The SMILES string of the molecule is C=CCOCC(NC(=O)COc1ccc(C#N)cc1OC)C(=O)O. The molecule has 0 spiro atoms. The van der Waals surface area contributed by atoms with Crippen molar-refractivity contribution in [3.63, 3.8) is 0 Å². The maximum atomic E-state index is 11.8.